The van der Waals surface area contributed by atoms with E-state index in [4.69, 9.17) is 9.47 Å². The molecule has 0 aromatic heterocycles. The number of halogens is 1. The first-order chi connectivity index (χ1) is 12.6. The third kappa shape index (κ3) is 4.96. The number of aliphatic hydroxyl groups is 1. The first-order valence-electron chi connectivity index (χ1n) is 9.12. The zero-order valence-corrected chi connectivity index (χ0v) is 15.1. The minimum Gasteiger partial charge on any atom is -0.492 e. The Hall–Kier alpha value is -2.11. The monoisotopic (exact) mass is 359 g/mol. The molecule has 5 heteroatoms. The summed E-state index contributed by atoms with van der Waals surface area (Å²) in [7, 11) is 2.00. The number of rotatable bonds is 7. The van der Waals surface area contributed by atoms with E-state index in [9.17, 15) is 9.50 Å². The first-order valence-corrected chi connectivity index (χ1v) is 9.12. The topological polar surface area (TPSA) is 41.9 Å². The second-order valence-corrected chi connectivity index (χ2v) is 6.74. The number of nitrogens with zero attached hydrogens (tertiary/aromatic N) is 1. The van der Waals surface area contributed by atoms with Crippen molar-refractivity contribution in [2.45, 2.75) is 37.5 Å². The quantitative estimate of drug-likeness (QED) is 0.822. The predicted molar refractivity (Wildman–Crippen MR) is 99.0 cm³/mol. The normalized spacial score (nSPS) is 23.0. The number of aliphatic hydroxyl groups excluding tert-OH is 1. The second-order valence-electron chi connectivity index (χ2n) is 6.74. The van der Waals surface area contributed by atoms with Crippen molar-refractivity contribution < 1.29 is 19.0 Å². The molecule has 3 rings (SSSR count). The van der Waals surface area contributed by atoms with E-state index in [-0.39, 0.29) is 18.0 Å². The van der Waals surface area contributed by atoms with E-state index in [1.54, 1.807) is 12.1 Å². The average Bonchev–Trinajstić information content (AvgIpc) is 2.66. The number of para-hydroxylation sites is 1. The summed E-state index contributed by atoms with van der Waals surface area (Å²) in [5.41, 5.74) is 0. The van der Waals surface area contributed by atoms with Crippen LogP contribution in [-0.4, -0.2) is 48.5 Å². The Morgan fingerprint density at radius 1 is 1.04 bits per heavy atom. The zero-order chi connectivity index (χ0) is 18.4. The van der Waals surface area contributed by atoms with Crippen molar-refractivity contribution in [3.05, 3.63) is 60.4 Å². The van der Waals surface area contributed by atoms with Crippen molar-refractivity contribution in [2.75, 3.05) is 20.2 Å². The Labute approximate surface area is 154 Å². The van der Waals surface area contributed by atoms with Crippen LogP contribution in [-0.2, 0) is 0 Å². The molecule has 0 unspecified atom stereocenters. The summed E-state index contributed by atoms with van der Waals surface area (Å²) in [5, 5.41) is 10.7. The zero-order valence-electron chi connectivity index (χ0n) is 15.1. The molecule has 1 aliphatic carbocycles. The first kappa shape index (κ1) is 18.7. The number of hydrogen-bond acceptors (Lipinski definition) is 4. The maximum Gasteiger partial charge on any atom is 0.126 e. The lowest BCUT2D eigenvalue weighted by Gasteiger charge is -2.39. The SMILES string of the molecule is CN(CCOc1ccccc1)[C@H]1CCC[C@@H](Oc2ccc(F)cc2)[C@@H]1O. The molecule has 0 radical (unpaired) electrons. The molecule has 1 N–H and O–H groups in total. The van der Waals surface area contributed by atoms with Crippen LogP contribution in [0.4, 0.5) is 4.39 Å². The van der Waals surface area contributed by atoms with Gasteiger partial charge in [-0.1, -0.05) is 18.2 Å². The predicted octanol–water partition coefficient (Wildman–Crippen LogP) is 3.50. The Morgan fingerprint density at radius 2 is 1.77 bits per heavy atom. The van der Waals surface area contributed by atoms with Crippen molar-refractivity contribution in [2.24, 2.45) is 0 Å². The van der Waals surface area contributed by atoms with Gasteiger partial charge in [0.2, 0.25) is 0 Å². The molecule has 0 spiro atoms. The molecule has 0 amide bonds. The summed E-state index contributed by atoms with van der Waals surface area (Å²) in [5.74, 6) is 1.14. The van der Waals surface area contributed by atoms with Crippen molar-refractivity contribution >= 4 is 0 Å². The fourth-order valence-electron chi connectivity index (χ4n) is 3.41. The molecule has 26 heavy (non-hydrogen) atoms. The van der Waals surface area contributed by atoms with Crippen LogP contribution in [0, 0.1) is 5.82 Å². The molecule has 2 aromatic rings. The highest BCUT2D eigenvalue weighted by Crippen LogP contribution is 2.27. The number of likely N-dealkylation sites (N-methyl/N-ethyl adjacent to an activating group) is 1. The lowest BCUT2D eigenvalue weighted by Crippen LogP contribution is -2.52. The maximum absolute atomic E-state index is 13.0. The fraction of sp³-hybridized carbons (Fsp3) is 0.429. The van der Waals surface area contributed by atoms with Gasteiger partial charge < -0.3 is 14.6 Å². The van der Waals surface area contributed by atoms with Crippen LogP contribution in [0.25, 0.3) is 0 Å². The van der Waals surface area contributed by atoms with Gasteiger partial charge in [-0.15, -0.1) is 0 Å². The second kappa shape index (κ2) is 9.01. The lowest BCUT2D eigenvalue weighted by atomic mass is 9.89. The molecule has 0 bridgehead atoms. The Kier molecular flexibility index (Phi) is 6.47. The van der Waals surface area contributed by atoms with E-state index < -0.39 is 6.10 Å². The van der Waals surface area contributed by atoms with Crippen molar-refractivity contribution in [3.8, 4) is 11.5 Å². The number of benzene rings is 2. The summed E-state index contributed by atoms with van der Waals surface area (Å²) in [6.07, 6.45) is 1.83. The minimum absolute atomic E-state index is 0.0218. The molecule has 0 heterocycles. The molecule has 1 aliphatic rings. The standard InChI is InChI=1S/C21H26FNO3/c1-23(14-15-25-17-6-3-2-4-7-17)19-8-5-9-20(21(19)24)26-18-12-10-16(22)11-13-18/h2-4,6-7,10-13,19-21,24H,5,8-9,14-15H2,1H3/t19-,20+,21+/m0/s1. The lowest BCUT2D eigenvalue weighted by molar-refractivity contribution is -0.0489. The molecule has 2 aromatic carbocycles. The van der Waals surface area contributed by atoms with Crippen LogP contribution in [0.2, 0.25) is 0 Å². The van der Waals surface area contributed by atoms with E-state index in [0.29, 0.717) is 12.4 Å². The van der Waals surface area contributed by atoms with Crippen LogP contribution in [0.15, 0.2) is 54.6 Å². The van der Waals surface area contributed by atoms with Gasteiger partial charge >= 0.3 is 0 Å². The molecule has 3 atom stereocenters. The van der Waals surface area contributed by atoms with E-state index in [0.717, 1.165) is 31.6 Å². The molecular weight excluding hydrogens is 333 g/mol. The Morgan fingerprint density at radius 3 is 2.50 bits per heavy atom. The molecular formula is C21H26FNO3. The molecule has 4 nitrogen and oxygen atoms in total. The average molecular weight is 359 g/mol. The highest BCUT2D eigenvalue weighted by Gasteiger charge is 2.35. The van der Waals surface area contributed by atoms with Crippen molar-refractivity contribution in [3.63, 3.8) is 0 Å². The minimum atomic E-state index is -0.587. The smallest absolute Gasteiger partial charge is 0.126 e. The van der Waals surface area contributed by atoms with Gasteiger partial charge in [-0.25, -0.2) is 4.39 Å². The van der Waals surface area contributed by atoms with Gasteiger partial charge in [0.25, 0.3) is 0 Å². The van der Waals surface area contributed by atoms with E-state index in [1.165, 1.54) is 12.1 Å². The van der Waals surface area contributed by atoms with E-state index >= 15 is 0 Å². The highest BCUT2D eigenvalue weighted by molar-refractivity contribution is 5.23. The van der Waals surface area contributed by atoms with Crippen molar-refractivity contribution in [1.82, 2.24) is 4.90 Å². The molecule has 140 valence electrons. The van der Waals surface area contributed by atoms with Crippen LogP contribution >= 0.6 is 0 Å². The van der Waals surface area contributed by atoms with E-state index in [2.05, 4.69) is 4.90 Å². The summed E-state index contributed by atoms with van der Waals surface area (Å²) in [6.45, 7) is 1.28. The summed E-state index contributed by atoms with van der Waals surface area (Å²) in [4.78, 5) is 2.13. The third-order valence-corrected chi connectivity index (χ3v) is 4.89. The molecule has 0 aliphatic heterocycles. The summed E-state index contributed by atoms with van der Waals surface area (Å²) >= 11 is 0. The Bertz CT molecular complexity index is 665. The van der Waals surface area contributed by atoms with Gasteiger partial charge in [0, 0.05) is 12.6 Å². The van der Waals surface area contributed by atoms with Crippen LogP contribution in [0.5, 0.6) is 11.5 Å². The largest absolute Gasteiger partial charge is 0.492 e. The van der Waals surface area contributed by atoms with E-state index in [1.807, 2.05) is 37.4 Å². The number of hydrogen-bond donors (Lipinski definition) is 1. The highest BCUT2D eigenvalue weighted by atomic mass is 19.1. The van der Waals surface area contributed by atoms with Crippen LogP contribution in [0.3, 0.4) is 0 Å². The van der Waals surface area contributed by atoms with Crippen LogP contribution < -0.4 is 9.47 Å². The van der Waals surface area contributed by atoms with Gasteiger partial charge in [-0.05, 0) is 62.7 Å². The van der Waals surface area contributed by atoms with Crippen LogP contribution in [0.1, 0.15) is 19.3 Å². The fourth-order valence-corrected chi connectivity index (χ4v) is 3.41. The van der Waals surface area contributed by atoms with Gasteiger partial charge in [-0.2, -0.15) is 0 Å². The van der Waals surface area contributed by atoms with Gasteiger partial charge in [-0.3, -0.25) is 4.90 Å². The number of ether oxygens (including phenoxy) is 2. The summed E-state index contributed by atoms with van der Waals surface area (Å²) < 4.78 is 24.7. The third-order valence-electron chi connectivity index (χ3n) is 4.89. The summed E-state index contributed by atoms with van der Waals surface area (Å²) in [6, 6.07) is 15.7. The van der Waals surface area contributed by atoms with Gasteiger partial charge in [0.15, 0.2) is 0 Å². The molecule has 0 saturated heterocycles. The van der Waals surface area contributed by atoms with Gasteiger partial charge in [0.05, 0.1) is 0 Å². The van der Waals surface area contributed by atoms with Gasteiger partial charge in [0.1, 0.15) is 36.1 Å². The molecule has 1 saturated carbocycles. The van der Waals surface area contributed by atoms with Crippen molar-refractivity contribution in [1.29, 1.82) is 0 Å². The molecule has 1 fully saturated rings. The maximum atomic E-state index is 13.0. The Balaban J connectivity index is 1.51.